The summed E-state index contributed by atoms with van der Waals surface area (Å²) in [6.45, 7) is 0. The fraction of sp³-hybridized carbons (Fsp3) is 0.0145. The zero-order chi connectivity index (χ0) is 49.3. The summed E-state index contributed by atoms with van der Waals surface area (Å²) in [5, 5.41) is 9.99. The largest absolute Gasteiger partial charge is 0.355 e. The highest BCUT2D eigenvalue weighted by atomic mass is 79.9. The van der Waals surface area contributed by atoms with Crippen LogP contribution in [0.4, 0.5) is 0 Å². The molecule has 5 heteroatoms. The van der Waals surface area contributed by atoms with E-state index < -0.39 is 0 Å². The van der Waals surface area contributed by atoms with Crippen molar-refractivity contribution in [1.29, 1.82) is 0 Å². The van der Waals surface area contributed by atoms with Crippen LogP contribution >= 0.6 is 47.8 Å². The molecule has 2 aromatic heterocycles. The number of nitrogens with zero attached hydrogens (tertiary/aromatic N) is 1. The van der Waals surface area contributed by atoms with Gasteiger partial charge in [-0.3, -0.25) is 0 Å². The van der Waals surface area contributed by atoms with Gasteiger partial charge in [0.1, 0.15) is 0 Å². The molecule has 2 heterocycles. The number of halogens is 3. The number of hydrogen-bond acceptors (Lipinski definition) is 0. The first-order valence-electron chi connectivity index (χ1n) is 24.3. The SMILES string of the molecule is Brc1ccc(-n2c3ccc(-c4ccccc4)cc3c3cc(-c4ccccc4)ccc32)c2ccccc12.Brc1ccc(Br)c2ccccc12.C.c1ccc(-c2ccc3[nH]c4ccc(-c5ccccc5)cc4c3c2)cc1. The van der Waals surface area contributed by atoms with Gasteiger partial charge in [0.15, 0.2) is 0 Å². The number of nitrogens with one attached hydrogen (secondary N) is 1. The van der Waals surface area contributed by atoms with Gasteiger partial charge in [0, 0.05) is 51.4 Å². The molecule has 2 nitrogen and oxygen atoms in total. The molecule has 0 bridgehead atoms. The Morgan fingerprint density at radius 1 is 0.243 bits per heavy atom. The Kier molecular flexibility index (Phi) is 14.0. The highest BCUT2D eigenvalue weighted by molar-refractivity contribution is 9.11. The lowest BCUT2D eigenvalue weighted by Crippen LogP contribution is -1.95. The Morgan fingerprint density at radius 2 is 0.541 bits per heavy atom. The van der Waals surface area contributed by atoms with E-state index in [2.05, 4.69) is 300 Å². The fourth-order valence-electron chi connectivity index (χ4n) is 10.1. The number of aromatic nitrogens is 2. The van der Waals surface area contributed by atoms with Crippen LogP contribution in [0.3, 0.4) is 0 Å². The van der Waals surface area contributed by atoms with E-state index in [-0.39, 0.29) is 7.43 Å². The van der Waals surface area contributed by atoms with Crippen LogP contribution in [-0.2, 0) is 0 Å². The lowest BCUT2D eigenvalue weighted by atomic mass is 10.0. The Bertz CT molecular complexity index is 4050. The van der Waals surface area contributed by atoms with Crippen molar-refractivity contribution < 1.29 is 0 Å². The van der Waals surface area contributed by atoms with Crippen LogP contribution in [0.15, 0.2) is 280 Å². The highest BCUT2D eigenvalue weighted by Crippen LogP contribution is 2.40. The molecule has 0 unspecified atom stereocenters. The summed E-state index contributed by atoms with van der Waals surface area (Å²) in [5.41, 5.74) is 15.9. The summed E-state index contributed by atoms with van der Waals surface area (Å²) in [7, 11) is 0. The Balaban J connectivity index is 0.000000133. The number of aromatic amines is 1. The number of benzene rings is 12. The van der Waals surface area contributed by atoms with Gasteiger partial charge in [-0.2, -0.15) is 0 Å². The molecule has 0 amide bonds. The van der Waals surface area contributed by atoms with Gasteiger partial charge in [0.05, 0.1) is 16.7 Å². The third kappa shape index (κ3) is 9.51. The molecule has 0 atom stereocenters. The molecule has 0 aliphatic heterocycles. The predicted octanol–water partition coefficient (Wildman–Crippen LogP) is 21.7. The van der Waals surface area contributed by atoms with Crippen molar-refractivity contribution in [3.63, 3.8) is 0 Å². The van der Waals surface area contributed by atoms with E-state index in [1.807, 2.05) is 24.3 Å². The zero-order valence-electron chi connectivity index (χ0n) is 39.5. The van der Waals surface area contributed by atoms with Crippen LogP contribution in [0.1, 0.15) is 7.43 Å². The molecule has 0 fully saturated rings. The smallest absolute Gasteiger partial charge is 0.0541 e. The summed E-state index contributed by atoms with van der Waals surface area (Å²) in [6.07, 6.45) is 0. The van der Waals surface area contributed by atoms with E-state index in [9.17, 15) is 0 Å². The maximum atomic E-state index is 3.76. The summed E-state index contributed by atoms with van der Waals surface area (Å²) >= 11 is 10.8. The van der Waals surface area contributed by atoms with Crippen LogP contribution in [0.25, 0.3) is 115 Å². The van der Waals surface area contributed by atoms with Crippen LogP contribution < -0.4 is 0 Å². The lowest BCUT2D eigenvalue weighted by Gasteiger charge is -2.13. The number of rotatable bonds is 5. The van der Waals surface area contributed by atoms with Crippen molar-refractivity contribution >= 4 is 113 Å². The minimum Gasteiger partial charge on any atom is -0.355 e. The normalized spacial score (nSPS) is 11.1. The van der Waals surface area contributed by atoms with E-state index in [1.54, 1.807) is 0 Å². The summed E-state index contributed by atoms with van der Waals surface area (Å²) in [5.74, 6) is 0. The molecule has 0 spiro atoms. The van der Waals surface area contributed by atoms with E-state index >= 15 is 0 Å². The maximum Gasteiger partial charge on any atom is 0.0541 e. The molecule has 0 saturated heterocycles. The molecule has 356 valence electrons. The molecule has 1 N–H and O–H groups in total. The van der Waals surface area contributed by atoms with Crippen LogP contribution in [-0.4, -0.2) is 9.55 Å². The second kappa shape index (κ2) is 21.3. The van der Waals surface area contributed by atoms with Gasteiger partial charge < -0.3 is 9.55 Å². The van der Waals surface area contributed by atoms with Gasteiger partial charge in [-0.15, -0.1) is 0 Å². The molecule has 0 saturated carbocycles. The second-order valence-corrected chi connectivity index (χ2v) is 20.7. The fourth-order valence-corrected chi connectivity index (χ4v) is 11.5. The molecular weight excluding hydrogens is 1100 g/mol. The predicted molar refractivity (Wildman–Crippen MR) is 330 cm³/mol. The molecule has 14 rings (SSSR count). The topological polar surface area (TPSA) is 20.7 Å². The number of H-pyrrole nitrogens is 1. The van der Waals surface area contributed by atoms with Crippen molar-refractivity contribution in [2.45, 2.75) is 7.43 Å². The summed E-state index contributed by atoms with van der Waals surface area (Å²) < 4.78 is 5.81. The molecule has 0 radical (unpaired) electrons. The zero-order valence-corrected chi connectivity index (χ0v) is 44.2. The van der Waals surface area contributed by atoms with Gasteiger partial charge in [-0.1, -0.05) is 249 Å². The van der Waals surface area contributed by atoms with Crippen LogP contribution in [0.2, 0.25) is 0 Å². The molecule has 12 aromatic carbocycles. The van der Waals surface area contributed by atoms with Crippen LogP contribution in [0.5, 0.6) is 0 Å². The van der Waals surface area contributed by atoms with Gasteiger partial charge >= 0.3 is 0 Å². The molecular formula is C69H49Br3N2. The molecule has 0 aliphatic rings. The first-order valence-corrected chi connectivity index (χ1v) is 26.7. The third-order valence-corrected chi connectivity index (χ3v) is 15.8. The highest BCUT2D eigenvalue weighted by Gasteiger charge is 2.17. The maximum absolute atomic E-state index is 3.76. The summed E-state index contributed by atoms with van der Waals surface area (Å²) in [4.78, 5) is 3.54. The van der Waals surface area contributed by atoms with E-state index in [4.69, 9.17) is 0 Å². The second-order valence-electron chi connectivity index (χ2n) is 18.1. The Labute approximate surface area is 457 Å². The molecule has 0 aliphatic carbocycles. The minimum atomic E-state index is 0. The third-order valence-electron chi connectivity index (χ3n) is 13.7. The first-order chi connectivity index (χ1) is 35.9. The van der Waals surface area contributed by atoms with Gasteiger partial charge in [0.25, 0.3) is 0 Å². The monoisotopic (exact) mass is 1140 g/mol. The van der Waals surface area contributed by atoms with Crippen molar-refractivity contribution in [2.24, 2.45) is 0 Å². The standard InChI is InChI=1S/C34H22BrN.C24H17N.C10H6Br2.CH4/c35-31-17-20-32(28-14-8-7-13-27(28)31)36-33-18-15-25(23-9-3-1-4-10-23)21-29(33)30-22-26(16-19-34(30)36)24-11-5-2-6-12-24;1-3-7-17(8-4-1)19-11-13-23-21(15-19)22-16-20(12-14-24(22)25-23)18-9-5-2-6-10-18;11-9-5-6-10(12)8-4-2-1-3-7(8)9;/h1-22H;1-16,25H;1-6H;1H4. The van der Waals surface area contributed by atoms with Crippen molar-refractivity contribution in [3.05, 3.63) is 280 Å². The average Bonchev–Trinajstić information content (AvgIpc) is 4.00. The van der Waals surface area contributed by atoms with Gasteiger partial charge in [0.2, 0.25) is 0 Å². The van der Waals surface area contributed by atoms with E-state index in [0.29, 0.717) is 0 Å². The quantitative estimate of drug-likeness (QED) is 0.177. The van der Waals surface area contributed by atoms with E-state index in [1.165, 1.54) is 115 Å². The van der Waals surface area contributed by atoms with Crippen molar-refractivity contribution in [1.82, 2.24) is 9.55 Å². The number of fused-ring (bicyclic) bond motifs is 8. The van der Waals surface area contributed by atoms with Gasteiger partial charge in [-0.25, -0.2) is 0 Å². The summed E-state index contributed by atoms with van der Waals surface area (Å²) in [6, 6.07) is 94.8. The van der Waals surface area contributed by atoms with Crippen LogP contribution in [0, 0.1) is 0 Å². The molecule has 14 aromatic rings. The van der Waals surface area contributed by atoms with E-state index in [0.717, 1.165) is 13.4 Å². The lowest BCUT2D eigenvalue weighted by molar-refractivity contribution is 1.20. The number of hydrogen-bond donors (Lipinski definition) is 1. The Hall–Kier alpha value is -7.80. The molecule has 74 heavy (non-hydrogen) atoms. The Morgan fingerprint density at radius 3 is 0.919 bits per heavy atom. The van der Waals surface area contributed by atoms with Crippen molar-refractivity contribution in [3.8, 4) is 50.2 Å². The van der Waals surface area contributed by atoms with Crippen molar-refractivity contribution in [2.75, 3.05) is 0 Å². The average molecular weight is 1150 g/mol. The van der Waals surface area contributed by atoms with Gasteiger partial charge in [-0.05, 0) is 133 Å². The first kappa shape index (κ1) is 48.5. The minimum absolute atomic E-state index is 0.